The Bertz CT molecular complexity index is 327. The fourth-order valence-corrected chi connectivity index (χ4v) is 1.90. The van der Waals surface area contributed by atoms with Crippen LogP contribution >= 0.6 is 12.6 Å². The van der Waals surface area contributed by atoms with E-state index in [2.05, 4.69) is 29.5 Å². The van der Waals surface area contributed by atoms with Gasteiger partial charge in [0.1, 0.15) is 0 Å². The third-order valence-electron chi connectivity index (χ3n) is 2.30. The van der Waals surface area contributed by atoms with Gasteiger partial charge in [0.05, 0.1) is 5.69 Å². The van der Waals surface area contributed by atoms with E-state index in [4.69, 9.17) is 0 Å². The fourth-order valence-electron chi connectivity index (χ4n) is 1.68. The van der Waals surface area contributed by atoms with E-state index in [-0.39, 0.29) is 5.88 Å². The van der Waals surface area contributed by atoms with E-state index in [9.17, 15) is 5.11 Å². The summed E-state index contributed by atoms with van der Waals surface area (Å²) >= 11 is 4.00. The normalized spacial score (nSPS) is 21.0. The number of aromatic nitrogens is 2. The quantitative estimate of drug-likeness (QED) is 0.472. The maximum atomic E-state index is 9.48. The molecule has 0 bridgehead atoms. The van der Waals surface area contributed by atoms with E-state index < -0.39 is 0 Å². The summed E-state index contributed by atoms with van der Waals surface area (Å²) in [5, 5.41) is 9.84. The number of aryl methyl sites for hydroxylation is 1. The van der Waals surface area contributed by atoms with Gasteiger partial charge in [-0.2, -0.15) is 4.98 Å². The summed E-state index contributed by atoms with van der Waals surface area (Å²) in [4.78, 5) is 7.96. The second kappa shape index (κ2) is 2.62. The molecule has 0 radical (unpaired) electrons. The van der Waals surface area contributed by atoms with Crippen molar-refractivity contribution in [1.82, 2.24) is 9.97 Å². The van der Waals surface area contributed by atoms with Crippen LogP contribution in [-0.2, 0) is 6.42 Å². The number of rotatable bonds is 0. The lowest BCUT2D eigenvalue weighted by Gasteiger charge is -2.05. The van der Waals surface area contributed by atoms with Gasteiger partial charge in [0.15, 0.2) is 5.16 Å². The van der Waals surface area contributed by atoms with Crippen molar-refractivity contribution in [3.05, 3.63) is 11.3 Å². The van der Waals surface area contributed by atoms with Gasteiger partial charge in [-0.1, -0.05) is 6.92 Å². The first-order valence-corrected chi connectivity index (χ1v) is 4.42. The highest BCUT2D eigenvalue weighted by Crippen LogP contribution is 2.36. The molecule has 3 nitrogen and oxygen atoms in total. The second-order valence-electron chi connectivity index (χ2n) is 3.15. The molecular weight excluding hydrogens is 172 g/mol. The van der Waals surface area contributed by atoms with Gasteiger partial charge >= 0.3 is 0 Å². The topological polar surface area (TPSA) is 46.0 Å². The summed E-state index contributed by atoms with van der Waals surface area (Å²) < 4.78 is 0. The summed E-state index contributed by atoms with van der Waals surface area (Å²) in [5.41, 5.74) is 1.87. The van der Waals surface area contributed by atoms with Gasteiger partial charge in [0.25, 0.3) is 0 Å². The Labute approximate surface area is 76.3 Å². The Morgan fingerprint density at radius 1 is 1.50 bits per heavy atom. The first-order valence-electron chi connectivity index (χ1n) is 3.97. The highest BCUT2D eigenvalue weighted by molar-refractivity contribution is 7.80. The number of hydrogen-bond acceptors (Lipinski definition) is 4. The van der Waals surface area contributed by atoms with Crippen LogP contribution in [0.25, 0.3) is 0 Å². The lowest BCUT2D eigenvalue weighted by Crippen LogP contribution is -1.95. The van der Waals surface area contributed by atoms with Crippen molar-refractivity contribution in [2.45, 2.75) is 30.8 Å². The van der Waals surface area contributed by atoms with Crippen LogP contribution in [0.1, 0.15) is 30.5 Å². The van der Waals surface area contributed by atoms with E-state index in [1.54, 1.807) is 0 Å². The largest absolute Gasteiger partial charge is 0.493 e. The molecule has 1 aliphatic rings. The van der Waals surface area contributed by atoms with Gasteiger partial charge in [0, 0.05) is 5.56 Å². The predicted octanol–water partition coefficient (Wildman–Crippen LogP) is 1.52. The van der Waals surface area contributed by atoms with E-state index in [0.717, 1.165) is 24.1 Å². The van der Waals surface area contributed by atoms with Crippen molar-refractivity contribution in [3.63, 3.8) is 0 Å². The number of fused-ring (bicyclic) bond motifs is 1. The molecule has 1 aliphatic carbocycles. The molecule has 1 N–H and O–H groups in total. The summed E-state index contributed by atoms with van der Waals surface area (Å²) in [6.07, 6.45) is 1.98. The second-order valence-corrected chi connectivity index (χ2v) is 3.55. The SMILES string of the molecule is CC1CCc2nc(S)nc(O)c21. The minimum atomic E-state index is 0.106. The summed E-state index contributed by atoms with van der Waals surface area (Å²) in [5.74, 6) is 0.490. The highest BCUT2D eigenvalue weighted by atomic mass is 32.1. The smallest absolute Gasteiger partial charge is 0.218 e. The van der Waals surface area contributed by atoms with Gasteiger partial charge in [-0.15, -0.1) is 12.6 Å². The van der Waals surface area contributed by atoms with Gasteiger partial charge in [-0.3, -0.25) is 0 Å². The van der Waals surface area contributed by atoms with Crippen LogP contribution in [0.4, 0.5) is 0 Å². The predicted molar refractivity (Wildman–Crippen MR) is 47.7 cm³/mol. The molecule has 2 rings (SSSR count). The molecule has 0 spiro atoms. The van der Waals surface area contributed by atoms with E-state index in [1.165, 1.54) is 0 Å². The van der Waals surface area contributed by atoms with Crippen molar-refractivity contribution in [2.75, 3.05) is 0 Å². The number of hydrogen-bond donors (Lipinski definition) is 2. The molecule has 0 saturated heterocycles. The first kappa shape index (κ1) is 7.86. The van der Waals surface area contributed by atoms with Gasteiger partial charge in [-0.05, 0) is 18.8 Å². The van der Waals surface area contributed by atoms with Crippen LogP contribution in [0.5, 0.6) is 5.88 Å². The standard InChI is InChI=1S/C8H10N2OS/c1-4-2-3-5-6(4)7(11)10-8(12)9-5/h4H,2-3H2,1H3,(H2,9,10,11,12). The summed E-state index contributed by atoms with van der Waals surface area (Å²) in [6, 6.07) is 0. The zero-order valence-corrected chi connectivity index (χ0v) is 7.67. The first-order chi connectivity index (χ1) is 5.68. The maximum Gasteiger partial charge on any atom is 0.218 e. The number of nitrogens with zero attached hydrogens (tertiary/aromatic N) is 2. The van der Waals surface area contributed by atoms with E-state index in [1.807, 2.05) is 0 Å². The molecule has 0 amide bonds. The molecule has 64 valence electrons. The maximum absolute atomic E-state index is 9.48. The molecule has 0 fully saturated rings. The Kier molecular flexibility index (Phi) is 1.72. The third kappa shape index (κ3) is 1.06. The summed E-state index contributed by atoms with van der Waals surface area (Å²) in [6.45, 7) is 2.08. The molecule has 4 heteroatoms. The molecule has 0 aromatic carbocycles. The van der Waals surface area contributed by atoms with Crippen molar-refractivity contribution in [3.8, 4) is 5.88 Å². The van der Waals surface area contributed by atoms with Crippen LogP contribution in [0, 0.1) is 0 Å². The minimum absolute atomic E-state index is 0.106. The Hall–Kier alpha value is -0.770. The van der Waals surface area contributed by atoms with Crippen LogP contribution in [-0.4, -0.2) is 15.1 Å². The van der Waals surface area contributed by atoms with Gasteiger partial charge in [0.2, 0.25) is 5.88 Å². The lowest BCUT2D eigenvalue weighted by atomic mass is 10.1. The monoisotopic (exact) mass is 182 g/mol. The van der Waals surface area contributed by atoms with Crippen molar-refractivity contribution in [1.29, 1.82) is 0 Å². The van der Waals surface area contributed by atoms with Crippen molar-refractivity contribution in [2.24, 2.45) is 0 Å². The highest BCUT2D eigenvalue weighted by Gasteiger charge is 2.24. The zero-order valence-electron chi connectivity index (χ0n) is 6.78. The average Bonchev–Trinajstić information content (AvgIpc) is 2.31. The zero-order chi connectivity index (χ0) is 8.72. The van der Waals surface area contributed by atoms with Crippen LogP contribution < -0.4 is 0 Å². The molecule has 1 aromatic heterocycles. The molecule has 1 heterocycles. The van der Waals surface area contributed by atoms with E-state index >= 15 is 0 Å². The third-order valence-corrected chi connectivity index (χ3v) is 2.50. The van der Waals surface area contributed by atoms with E-state index in [0.29, 0.717) is 11.1 Å². The molecular formula is C8H10N2OS. The molecule has 1 atom stereocenters. The minimum Gasteiger partial charge on any atom is -0.493 e. The summed E-state index contributed by atoms with van der Waals surface area (Å²) in [7, 11) is 0. The van der Waals surface area contributed by atoms with Crippen molar-refractivity contribution < 1.29 is 5.11 Å². The van der Waals surface area contributed by atoms with Gasteiger partial charge < -0.3 is 5.11 Å². The molecule has 0 saturated carbocycles. The Balaban J connectivity index is 2.60. The Morgan fingerprint density at radius 2 is 2.25 bits per heavy atom. The Morgan fingerprint density at radius 3 is 3.00 bits per heavy atom. The average molecular weight is 182 g/mol. The number of thiol groups is 1. The van der Waals surface area contributed by atoms with Gasteiger partial charge in [-0.25, -0.2) is 4.98 Å². The van der Waals surface area contributed by atoms with Crippen LogP contribution in [0.2, 0.25) is 0 Å². The number of aromatic hydroxyl groups is 1. The molecule has 1 aromatic rings. The van der Waals surface area contributed by atoms with Crippen LogP contribution in [0.15, 0.2) is 5.16 Å². The van der Waals surface area contributed by atoms with Crippen molar-refractivity contribution >= 4 is 12.6 Å². The fraction of sp³-hybridized carbons (Fsp3) is 0.500. The molecule has 12 heavy (non-hydrogen) atoms. The molecule has 0 aliphatic heterocycles. The van der Waals surface area contributed by atoms with Crippen LogP contribution in [0.3, 0.4) is 0 Å². The molecule has 1 unspecified atom stereocenters. The lowest BCUT2D eigenvalue weighted by molar-refractivity contribution is 0.435.